The largest absolute Gasteiger partial charge is 0.314 e. The molecule has 0 bridgehead atoms. The standard InChI is InChI=1S/C17H30BrN3/c1-8-11-14(18)13(21(7)20-11)10-12(19-9-2)15-16(3,4)17(15,5)6/h12,15,19H,8-10H2,1-7H3. The number of aryl methyl sites for hydroxylation is 2. The SMILES string of the molecule is CCNC(Cc1c(Br)c(CC)nn1C)C1C(C)(C)C1(C)C. The molecule has 1 unspecified atom stereocenters. The van der Waals surface area contributed by atoms with Crippen molar-refractivity contribution in [2.24, 2.45) is 23.8 Å². The number of nitrogens with zero attached hydrogens (tertiary/aromatic N) is 2. The van der Waals surface area contributed by atoms with Crippen LogP contribution in [0, 0.1) is 16.7 Å². The van der Waals surface area contributed by atoms with Crippen LogP contribution in [0.15, 0.2) is 4.47 Å². The number of hydrogen-bond acceptors (Lipinski definition) is 2. The molecule has 1 aromatic rings. The van der Waals surface area contributed by atoms with E-state index in [4.69, 9.17) is 0 Å². The zero-order valence-corrected chi connectivity index (χ0v) is 16.1. The van der Waals surface area contributed by atoms with Crippen LogP contribution in [0.5, 0.6) is 0 Å². The van der Waals surface area contributed by atoms with Crippen molar-refractivity contribution < 1.29 is 0 Å². The summed E-state index contributed by atoms with van der Waals surface area (Å²) >= 11 is 3.76. The minimum Gasteiger partial charge on any atom is -0.314 e. The van der Waals surface area contributed by atoms with E-state index in [1.54, 1.807) is 0 Å². The van der Waals surface area contributed by atoms with Gasteiger partial charge in [-0.1, -0.05) is 41.5 Å². The lowest BCUT2D eigenvalue weighted by Crippen LogP contribution is -2.36. The maximum atomic E-state index is 4.64. The van der Waals surface area contributed by atoms with Crippen LogP contribution >= 0.6 is 15.9 Å². The van der Waals surface area contributed by atoms with Gasteiger partial charge in [0, 0.05) is 19.5 Å². The third-order valence-corrected chi connectivity index (χ3v) is 6.83. The Morgan fingerprint density at radius 1 is 1.24 bits per heavy atom. The van der Waals surface area contributed by atoms with Crippen molar-refractivity contribution in [1.82, 2.24) is 15.1 Å². The molecular formula is C17H30BrN3. The van der Waals surface area contributed by atoms with E-state index in [2.05, 4.69) is 79.6 Å². The molecule has 2 rings (SSSR count). The highest BCUT2D eigenvalue weighted by molar-refractivity contribution is 9.10. The van der Waals surface area contributed by atoms with Crippen LogP contribution in [-0.4, -0.2) is 22.4 Å². The fraction of sp³-hybridized carbons (Fsp3) is 0.824. The van der Waals surface area contributed by atoms with Crippen molar-refractivity contribution in [2.45, 2.75) is 60.4 Å². The maximum Gasteiger partial charge on any atom is 0.0766 e. The van der Waals surface area contributed by atoms with Gasteiger partial charge < -0.3 is 5.32 Å². The summed E-state index contributed by atoms with van der Waals surface area (Å²) in [6, 6.07) is 0.511. The molecule has 3 nitrogen and oxygen atoms in total. The van der Waals surface area contributed by atoms with Gasteiger partial charge in [-0.3, -0.25) is 4.68 Å². The molecule has 1 fully saturated rings. The van der Waals surface area contributed by atoms with Crippen LogP contribution in [0.3, 0.4) is 0 Å². The molecule has 0 spiro atoms. The fourth-order valence-corrected chi connectivity index (χ4v) is 4.85. The Labute approximate surface area is 138 Å². The molecule has 0 amide bonds. The first-order valence-electron chi connectivity index (χ1n) is 8.12. The molecule has 0 aromatic carbocycles. The Morgan fingerprint density at radius 3 is 2.19 bits per heavy atom. The van der Waals surface area contributed by atoms with Gasteiger partial charge in [0.25, 0.3) is 0 Å². The first-order chi connectivity index (χ1) is 9.68. The van der Waals surface area contributed by atoms with Crippen LogP contribution in [0.1, 0.15) is 52.9 Å². The summed E-state index contributed by atoms with van der Waals surface area (Å²) < 4.78 is 3.25. The van der Waals surface area contributed by atoms with E-state index in [0.29, 0.717) is 22.8 Å². The lowest BCUT2D eigenvalue weighted by Gasteiger charge is -2.20. The minimum atomic E-state index is 0.401. The normalized spacial score (nSPS) is 21.5. The third-order valence-electron chi connectivity index (χ3n) is 5.92. The lowest BCUT2D eigenvalue weighted by atomic mass is 9.99. The highest BCUT2D eigenvalue weighted by atomic mass is 79.9. The Kier molecular flexibility index (Phi) is 4.61. The maximum absolute atomic E-state index is 4.64. The third kappa shape index (κ3) is 2.70. The smallest absolute Gasteiger partial charge is 0.0766 e. The molecular weight excluding hydrogens is 326 g/mol. The van der Waals surface area contributed by atoms with Crippen LogP contribution in [-0.2, 0) is 19.9 Å². The van der Waals surface area contributed by atoms with Crippen molar-refractivity contribution in [1.29, 1.82) is 0 Å². The average Bonchev–Trinajstić information content (AvgIpc) is 2.65. The molecule has 1 aromatic heterocycles. The van der Waals surface area contributed by atoms with E-state index in [1.807, 2.05) is 0 Å². The van der Waals surface area contributed by atoms with Crippen molar-refractivity contribution in [3.63, 3.8) is 0 Å². The van der Waals surface area contributed by atoms with E-state index < -0.39 is 0 Å². The summed E-state index contributed by atoms with van der Waals surface area (Å²) in [4.78, 5) is 0. The molecule has 4 heteroatoms. The van der Waals surface area contributed by atoms with Crippen LogP contribution < -0.4 is 5.32 Å². The van der Waals surface area contributed by atoms with Crippen LogP contribution in [0.25, 0.3) is 0 Å². The Bertz CT molecular complexity index is 502. The van der Waals surface area contributed by atoms with Crippen molar-refractivity contribution in [3.05, 3.63) is 15.9 Å². The quantitative estimate of drug-likeness (QED) is 0.837. The molecule has 1 heterocycles. The minimum absolute atomic E-state index is 0.401. The van der Waals surface area contributed by atoms with E-state index in [-0.39, 0.29) is 0 Å². The van der Waals surface area contributed by atoms with Gasteiger partial charge >= 0.3 is 0 Å². The zero-order chi connectivity index (χ0) is 16.0. The van der Waals surface area contributed by atoms with Gasteiger partial charge in [-0.2, -0.15) is 5.10 Å². The van der Waals surface area contributed by atoms with Gasteiger partial charge in [0.05, 0.1) is 15.9 Å². The van der Waals surface area contributed by atoms with Crippen molar-refractivity contribution in [2.75, 3.05) is 6.54 Å². The molecule has 21 heavy (non-hydrogen) atoms. The number of likely N-dealkylation sites (N-methyl/N-ethyl adjacent to an activating group) is 1. The van der Waals surface area contributed by atoms with Crippen molar-refractivity contribution in [3.8, 4) is 0 Å². The van der Waals surface area contributed by atoms with Gasteiger partial charge in [0.1, 0.15) is 0 Å². The van der Waals surface area contributed by atoms with E-state index >= 15 is 0 Å². The summed E-state index contributed by atoms with van der Waals surface area (Å²) in [5, 5.41) is 8.36. The predicted octanol–water partition coefficient (Wildman–Crippen LogP) is 3.95. The zero-order valence-electron chi connectivity index (χ0n) is 14.5. The fourth-order valence-electron chi connectivity index (χ4n) is 4.07. The van der Waals surface area contributed by atoms with Gasteiger partial charge in [0.15, 0.2) is 0 Å². The van der Waals surface area contributed by atoms with Crippen LogP contribution in [0.4, 0.5) is 0 Å². The number of nitrogens with one attached hydrogen (secondary N) is 1. The average molecular weight is 356 g/mol. The van der Waals surface area contributed by atoms with E-state index in [0.717, 1.165) is 25.1 Å². The topological polar surface area (TPSA) is 29.9 Å². The second-order valence-corrected chi connectivity index (χ2v) is 8.27. The summed E-state index contributed by atoms with van der Waals surface area (Å²) in [5.74, 6) is 0.705. The number of halogens is 1. The second-order valence-electron chi connectivity index (χ2n) is 7.47. The highest BCUT2D eigenvalue weighted by Gasteiger charge is 2.66. The van der Waals surface area contributed by atoms with E-state index in [1.165, 1.54) is 10.2 Å². The number of aromatic nitrogens is 2. The first-order valence-corrected chi connectivity index (χ1v) is 8.91. The van der Waals surface area contributed by atoms with Crippen molar-refractivity contribution >= 4 is 15.9 Å². The number of rotatable bonds is 6. The number of hydrogen-bond donors (Lipinski definition) is 1. The Balaban J connectivity index is 2.25. The van der Waals surface area contributed by atoms with Gasteiger partial charge in [-0.15, -0.1) is 0 Å². The monoisotopic (exact) mass is 355 g/mol. The first kappa shape index (κ1) is 17.0. The molecule has 1 aliphatic rings. The summed E-state index contributed by atoms with van der Waals surface area (Å²) in [6.45, 7) is 15.0. The Hall–Kier alpha value is -0.350. The van der Waals surface area contributed by atoms with Gasteiger partial charge in [0.2, 0.25) is 0 Å². The van der Waals surface area contributed by atoms with Crippen LogP contribution in [0.2, 0.25) is 0 Å². The molecule has 0 saturated heterocycles. The molecule has 0 radical (unpaired) electrons. The van der Waals surface area contributed by atoms with E-state index in [9.17, 15) is 0 Å². The summed E-state index contributed by atoms with van der Waals surface area (Å²) in [7, 11) is 2.06. The predicted molar refractivity (Wildman–Crippen MR) is 92.5 cm³/mol. The summed E-state index contributed by atoms with van der Waals surface area (Å²) in [5.41, 5.74) is 3.28. The molecule has 1 N–H and O–H groups in total. The van der Waals surface area contributed by atoms with Gasteiger partial charge in [-0.25, -0.2) is 0 Å². The lowest BCUT2D eigenvalue weighted by molar-refractivity contribution is 0.395. The second kappa shape index (κ2) is 5.69. The molecule has 1 atom stereocenters. The van der Waals surface area contributed by atoms with Gasteiger partial charge in [-0.05, 0) is 45.6 Å². The highest BCUT2D eigenvalue weighted by Crippen LogP contribution is 2.69. The Morgan fingerprint density at radius 2 is 1.81 bits per heavy atom. The molecule has 1 aliphatic carbocycles. The summed E-state index contributed by atoms with van der Waals surface area (Å²) in [6.07, 6.45) is 2.01. The molecule has 1 saturated carbocycles. The molecule has 120 valence electrons. The molecule has 0 aliphatic heterocycles.